The molecule has 0 aliphatic carbocycles. The van der Waals surface area contributed by atoms with Gasteiger partial charge in [0.15, 0.2) is 0 Å². The fourth-order valence-electron chi connectivity index (χ4n) is 3.69. The van der Waals surface area contributed by atoms with Crippen LogP contribution >= 0.6 is 0 Å². The van der Waals surface area contributed by atoms with Crippen molar-refractivity contribution in [3.63, 3.8) is 0 Å². The summed E-state index contributed by atoms with van der Waals surface area (Å²) >= 11 is 0. The fourth-order valence-corrected chi connectivity index (χ4v) is 3.69. The molecule has 156 valence electrons. The predicted molar refractivity (Wildman–Crippen MR) is 114 cm³/mol. The first-order valence-electron chi connectivity index (χ1n) is 10.1. The molecule has 1 aromatic carbocycles. The molecule has 1 aliphatic heterocycles. The zero-order valence-corrected chi connectivity index (χ0v) is 17.1. The van der Waals surface area contributed by atoms with Crippen molar-refractivity contribution in [1.82, 2.24) is 20.2 Å². The molecule has 1 fully saturated rings. The number of pyridine rings is 2. The maximum Gasteiger partial charge on any atom is 0.252 e. The highest BCUT2D eigenvalue weighted by Gasteiger charge is 2.25. The van der Waals surface area contributed by atoms with Crippen LogP contribution in [0.2, 0.25) is 0 Å². The summed E-state index contributed by atoms with van der Waals surface area (Å²) in [5.41, 5.74) is 3.35. The normalized spacial score (nSPS) is 17.2. The lowest BCUT2D eigenvalue weighted by atomic mass is 10.0. The number of fused-ring (bicyclic) bond motifs is 1. The van der Waals surface area contributed by atoms with E-state index in [0.29, 0.717) is 31.9 Å². The Morgan fingerprint density at radius 2 is 2.20 bits per heavy atom. The Balaban J connectivity index is 1.57. The smallest absolute Gasteiger partial charge is 0.252 e. The van der Waals surface area contributed by atoms with Crippen LogP contribution in [-0.4, -0.2) is 60.7 Å². The van der Waals surface area contributed by atoms with Gasteiger partial charge in [0.2, 0.25) is 0 Å². The second-order valence-electron chi connectivity index (χ2n) is 7.32. The number of ether oxygens (including phenoxy) is 2. The summed E-state index contributed by atoms with van der Waals surface area (Å²) in [5.74, 6) is -0.130. The molecule has 30 heavy (non-hydrogen) atoms. The number of nitrogens with zero attached hydrogens (tertiary/aromatic N) is 3. The van der Waals surface area contributed by atoms with Crippen LogP contribution in [0.5, 0.6) is 0 Å². The van der Waals surface area contributed by atoms with Gasteiger partial charge in [0.25, 0.3) is 5.91 Å². The van der Waals surface area contributed by atoms with E-state index < -0.39 is 0 Å². The maximum atomic E-state index is 12.8. The topological polar surface area (TPSA) is 76.6 Å². The summed E-state index contributed by atoms with van der Waals surface area (Å²) in [4.78, 5) is 24.2. The number of methoxy groups -OCH3 is 1. The minimum Gasteiger partial charge on any atom is -0.383 e. The largest absolute Gasteiger partial charge is 0.383 e. The Morgan fingerprint density at radius 1 is 1.30 bits per heavy atom. The van der Waals surface area contributed by atoms with Crippen molar-refractivity contribution in [3.05, 3.63) is 71.7 Å². The van der Waals surface area contributed by atoms with Gasteiger partial charge in [-0.05, 0) is 23.8 Å². The van der Waals surface area contributed by atoms with Crippen molar-refractivity contribution < 1.29 is 14.3 Å². The van der Waals surface area contributed by atoms with Crippen LogP contribution in [-0.2, 0) is 16.0 Å². The molecule has 0 saturated carbocycles. The Hall–Kier alpha value is -2.87. The number of benzene rings is 1. The van der Waals surface area contributed by atoms with Gasteiger partial charge in [0.05, 0.1) is 30.0 Å². The zero-order valence-electron chi connectivity index (χ0n) is 17.1. The lowest BCUT2D eigenvalue weighted by Crippen LogP contribution is -2.38. The van der Waals surface area contributed by atoms with Crippen molar-refractivity contribution in [2.45, 2.75) is 12.6 Å². The highest BCUT2D eigenvalue weighted by molar-refractivity contribution is 6.06. The molecular formula is C23H26N4O3. The van der Waals surface area contributed by atoms with E-state index in [2.05, 4.69) is 21.3 Å². The molecule has 7 nitrogen and oxygen atoms in total. The molecule has 0 spiro atoms. The minimum absolute atomic E-state index is 0.130. The Labute approximate surface area is 176 Å². The van der Waals surface area contributed by atoms with Gasteiger partial charge in [-0.1, -0.05) is 24.3 Å². The van der Waals surface area contributed by atoms with Gasteiger partial charge in [-0.3, -0.25) is 14.7 Å². The van der Waals surface area contributed by atoms with E-state index in [1.807, 2.05) is 42.6 Å². The van der Waals surface area contributed by atoms with E-state index in [1.165, 1.54) is 5.56 Å². The highest BCUT2D eigenvalue weighted by atomic mass is 16.5. The first-order valence-corrected chi connectivity index (χ1v) is 10.1. The third kappa shape index (κ3) is 4.81. The third-order valence-corrected chi connectivity index (χ3v) is 5.18. The van der Waals surface area contributed by atoms with Gasteiger partial charge in [-0.15, -0.1) is 0 Å². The number of carbonyl (C=O) groups is 1. The molecule has 0 unspecified atom stereocenters. The van der Waals surface area contributed by atoms with E-state index >= 15 is 0 Å². The van der Waals surface area contributed by atoms with Crippen LogP contribution in [0.1, 0.15) is 27.7 Å². The average Bonchev–Trinajstić information content (AvgIpc) is 2.79. The number of aromatic nitrogens is 2. The Bertz CT molecular complexity index is 996. The van der Waals surface area contributed by atoms with Gasteiger partial charge < -0.3 is 14.8 Å². The Kier molecular flexibility index (Phi) is 6.63. The number of rotatable bonds is 7. The number of para-hydroxylation sites is 1. The molecule has 4 rings (SSSR count). The molecule has 3 heterocycles. The molecule has 1 atom stereocenters. The van der Waals surface area contributed by atoms with Crippen LogP contribution in [0.4, 0.5) is 0 Å². The summed E-state index contributed by atoms with van der Waals surface area (Å²) in [7, 11) is 1.61. The molecule has 1 amide bonds. The zero-order chi connectivity index (χ0) is 20.8. The standard InChI is InChI=1S/C23H26N4O3/c1-29-11-9-25-23(28)19-13-21(26-20-7-3-2-6-18(19)20)22-16-27(10-12-30-22)15-17-5-4-8-24-14-17/h2-8,13-14,22H,9-12,15-16H2,1H3,(H,25,28)/t22-/m0/s1. The monoisotopic (exact) mass is 406 g/mol. The minimum atomic E-state index is -0.189. The molecule has 7 heteroatoms. The molecule has 3 aromatic rings. The van der Waals surface area contributed by atoms with Crippen molar-refractivity contribution in [2.24, 2.45) is 0 Å². The second-order valence-corrected chi connectivity index (χ2v) is 7.32. The van der Waals surface area contributed by atoms with Crippen LogP contribution in [0.25, 0.3) is 10.9 Å². The SMILES string of the molecule is COCCNC(=O)c1cc([C@@H]2CN(Cc3cccnc3)CCO2)nc2ccccc12. The summed E-state index contributed by atoms with van der Waals surface area (Å²) in [6.45, 7) is 3.92. The van der Waals surface area contributed by atoms with E-state index in [1.54, 1.807) is 13.3 Å². The predicted octanol–water partition coefficient (Wildman–Crippen LogP) is 2.58. The summed E-state index contributed by atoms with van der Waals surface area (Å²) in [6, 6.07) is 13.6. The molecule has 1 saturated heterocycles. The van der Waals surface area contributed by atoms with Crippen LogP contribution < -0.4 is 5.32 Å². The molecule has 0 bridgehead atoms. The van der Waals surface area contributed by atoms with Crippen LogP contribution in [0, 0.1) is 0 Å². The fraction of sp³-hybridized carbons (Fsp3) is 0.348. The van der Waals surface area contributed by atoms with E-state index in [9.17, 15) is 4.79 Å². The van der Waals surface area contributed by atoms with Crippen LogP contribution in [0.3, 0.4) is 0 Å². The lowest BCUT2D eigenvalue weighted by molar-refractivity contribution is -0.0348. The molecule has 1 aliphatic rings. The van der Waals surface area contributed by atoms with E-state index in [0.717, 1.165) is 29.7 Å². The maximum absolute atomic E-state index is 12.8. The molecule has 1 N–H and O–H groups in total. The third-order valence-electron chi connectivity index (χ3n) is 5.18. The van der Waals surface area contributed by atoms with Gasteiger partial charge in [-0.25, -0.2) is 4.98 Å². The van der Waals surface area contributed by atoms with Crippen molar-refractivity contribution >= 4 is 16.8 Å². The number of hydrogen-bond donors (Lipinski definition) is 1. The van der Waals surface area contributed by atoms with Gasteiger partial charge in [0.1, 0.15) is 6.10 Å². The van der Waals surface area contributed by atoms with E-state index in [4.69, 9.17) is 14.5 Å². The second kappa shape index (κ2) is 9.75. The van der Waals surface area contributed by atoms with Crippen molar-refractivity contribution in [3.8, 4) is 0 Å². The van der Waals surface area contributed by atoms with Gasteiger partial charge in [0, 0.05) is 51.1 Å². The van der Waals surface area contributed by atoms with Gasteiger partial charge >= 0.3 is 0 Å². The molecular weight excluding hydrogens is 380 g/mol. The number of morpholine rings is 1. The summed E-state index contributed by atoms with van der Waals surface area (Å²) in [6.07, 6.45) is 3.48. The number of carbonyl (C=O) groups excluding carboxylic acids is 1. The Morgan fingerprint density at radius 3 is 3.03 bits per heavy atom. The highest BCUT2D eigenvalue weighted by Crippen LogP contribution is 2.26. The summed E-state index contributed by atoms with van der Waals surface area (Å²) < 4.78 is 11.1. The van der Waals surface area contributed by atoms with E-state index in [-0.39, 0.29) is 12.0 Å². The first kappa shape index (κ1) is 20.4. The number of nitrogens with one attached hydrogen (secondary N) is 1. The van der Waals surface area contributed by atoms with Crippen molar-refractivity contribution in [1.29, 1.82) is 0 Å². The average molecular weight is 406 g/mol. The number of amides is 1. The van der Waals surface area contributed by atoms with Crippen molar-refractivity contribution in [2.75, 3.05) is 40.0 Å². The first-order chi connectivity index (χ1) is 14.7. The summed E-state index contributed by atoms with van der Waals surface area (Å²) in [5, 5.41) is 3.75. The molecule has 0 radical (unpaired) electrons. The quantitative estimate of drug-likeness (QED) is 0.608. The van der Waals surface area contributed by atoms with Gasteiger partial charge in [-0.2, -0.15) is 0 Å². The lowest BCUT2D eigenvalue weighted by Gasteiger charge is -2.32. The number of hydrogen-bond acceptors (Lipinski definition) is 6. The van der Waals surface area contributed by atoms with Crippen LogP contribution in [0.15, 0.2) is 54.9 Å². The molecule has 2 aromatic heterocycles.